The zero-order valence-corrected chi connectivity index (χ0v) is 14.3. The molecule has 2 aromatic heterocycles. The summed E-state index contributed by atoms with van der Waals surface area (Å²) in [6.07, 6.45) is 5.22. The molecule has 2 aliphatic rings. The molecule has 1 spiro atoms. The number of nitrogens with one attached hydrogen (secondary N) is 2. The highest BCUT2D eigenvalue weighted by Crippen LogP contribution is 2.58. The van der Waals surface area contributed by atoms with Gasteiger partial charge < -0.3 is 10.6 Å². The highest BCUT2D eigenvalue weighted by atomic mass is 16.2. The Morgan fingerprint density at radius 3 is 2.88 bits per heavy atom. The predicted molar refractivity (Wildman–Crippen MR) is 91.4 cm³/mol. The van der Waals surface area contributed by atoms with Gasteiger partial charge in [-0.3, -0.25) is 9.20 Å². The van der Waals surface area contributed by atoms with E-state index in [1.807, 2.05) is 28.8 Å². The van der Waals surface area contributed by atoms with Gasteiger partial charge in [-0.15, -0.1) is 10.2 Å². The quantitative estimate of drug-likeness (QED) is 0.900. The van der Waals surface area contributed by atoms with Gasteiger partial charge in [0.05, 0.1) is 6.04 Å². The van der Waals surface area contributed by atoms with E-state index in [9.17, 15) is 4.79 Å². The molecule has 2 aromatic rings. The van der Waals surface area contributed by atoms with E-state index in [2.05, 4.69) is 34.7 Å². The summed E-state index contributed by atoms with van der Waals surface area (Å²) in [7, 11) is 0. The van der Waals surface area contributed by atoms with Gasteiger partial charge in [-0.2, -0.15) is 0 Å². The lowest BCUT2D eigenvalue weighted by molar-refractivity contribution is -0.124. The third kappa shape index (κ3) is 2.59. The maximum absolute atomic E-state index is 12.8. The molecule has 1 aliphatic heterocycles. The normalized spacial score (nSPS) is 23.5. The molecule has 2 N–H and O–H groups in total. The first-order chi connectivity index (χ1) is 11.6. The highest BCUT2D eigenvalue weighted by Gasteiger charge is 2.57. The molecule has 128 valence electrons. The van der Waals surface area contributed by atoms with Crippen LogP contribution in [0.1, 0.15) is 45.0 Å². The maximum atomic E-state index is 12.8. The Morgan fingerprint density at radius 1 is 1.33 bits per heavy atom. The molecule has 1 aliphatic carbocycles. The summed E-state index contributed by atoms with van der Waals surface area (Å²) in [6, 6.07) is 5.72. The summed E-state index contributed by atoms with van der Waals surface area (Å²) >= 11 is 0. The monoisotopic (exact) mass is 327 g/mol. The number of aromatic nitrogens is 3. The number of hydrogen-bond donors (Lipinski definition) is 2. The van der Waals surface area contributed by atoms with Crippen LogP contribution in [0.3, 0.4) is 0 Å². The van der Waals surface area contributed by atoms with Gasteiger partial charge in [0.15, 0.2) is 11.5 Å². The number of pyridine rings is 1. The zero-order valence-electron chi connectivity index (χ0n) is 14.3. The second-order valence-corrected chi connectivity index (χ2v) is 7.59. The average Bonchev–Trinajstić information content (AvgIpc) is 3.11. The van der Waals surface area contributed by atoms with Crippen LogP contribution in [0.5, 0.6) is 0 Å². The third-order valence-corrected chi connectivity index (χ3v) is 5.69. The molecule has 4 rings (SSSR count). The molecule has 0 aromatic carbocycles. The summed E-state index contributed by atoms with van der Waals surface area (Å²) in [5.74, 6) is 1.42. The van der Waals surface area contributed by atoms with Crippen LogP contribution in [0.15, 0.2) is 24.4 Å². The number of piperidine rings is 1. The van der Waals surface area contributed by atoms with Crippen molar-refractivity contribution in [3.63, 3.8) is 0 Å². The number of nitrogens with zero attached hydrogens (tertiary/aromatic N) is 3. The standard InChI is InChI=1S/C18H25N5O/c1-12(2)15(16-22-21-14-5-3-4-10-23(14)16)20-17(24)13-11-18(13)6-8-19-9-7-18/h3-5,10,12-13,15,19H,6-9,11H2,1-2H3,(H,20,24). The molecule has 0 radical (unpaired) electrons. The first-order valence-electron chi connectivity index (χ1n) is 8.91. The van der Waals surface area contributed by atoms with Gasteiger partial charge in [0.2, 0.25) is 5.91 Å². The second kappa shape index (κ2) is 5.84. The molecule has 0 bridgehead atoms. The van der Waals surface area contributed by atoms with Gasteiger partial charge in [0, 0.05) is 12.1 Å². The Kier molecular flexibility index (Phi) is 3.79. The predicted octanol–water partition coefficient (Wildman–Crippen LogP) is 1.93. The van der Waals surface area contributed by atoms with Crippen molar-refractivity contribution in [2.75, 3.05) is 13.1 Å². The van der Waals surface area contributed by atoms with E-state index in [4.69, 9.17) is 0 Å². The Labute approximate surface area is 142 Å². The van der Waals surface area contributed by atoms with Crippen molar-refractivity contribution < 1.29 is 4.79 Å². The Morgan fingerprint density at radius 2 is 2.12 bits per heavy atom. The van der Waals surface area contributed by atoms with Crippen LogP contribution < -0.4 is 10.6 Å². The first-order valence-corrected chi connectivity index (χ1v) is 8.91. The number of hydrogen-bond acceptors (Lipinski definition) is 4. The van der Waals surface area contributed by atoms with E-state index in [0.717, 1.165) is 43.8 Å². The lowest BCUT2D eigenvalue weighted by Gasteiger charge is -2.25. The van der Waals surface area contributed by atoms with E-state index in [-0.39, 0.29) is 29.2 Å². The largest absolute Gasteiger partial charge is 0.346 e. The van der Waals surface area contributed by atoms with Gasteiger partial charge in [-0.25, -0.2) is 0 Å². The molecular weight excluding hydrogens is 302 g/mol. The van der Waals surface area contributed by atoms with Gasteiger partial charge in [0.1, 0.15) is 0 Å². The Balaban J connectivity index is 1.53. The van der Waals surface area contributed by atoms with E-state index in [0.29, 0.717) is 0 Å². The summed E-state index contributed by atoms with van der Waals surface area (Å²) < 4.78 is 1.97. The van der Waals surface area contributed by atoms with Crippen molar-refractivity contribution in [3.8, 4) is 0 Å². The smallest absolute Gasteiger partial charge is 0.224 e. The van der Waals surface area contributed by atoms with Crippen LogP contribution in [0, 0.1) is 17.3 Å². The average molecular weight is 327 g/mol. The topological polar surface area (TPSA) is 71.3 Å². The minimum absolute atomic E-state index is 0.116. The minimum atomic E-state index is -0.116. The van der Waals surface area contributed by atoms with Crippen molar-refractivity contribution in [1.29, 1.82) is 0 Å². The van der Waals surface area contributed by atoms with Crippen molar-refractivity contribution >= 4 is 11.6 Å². The molecule has 2 unspecified atom stereocenters. The molecule has 6 nitrogen and oxygen atoms in total. The third-order valence-electron chi connectivity index (χ3n) is 5.69. The van der Waals surface area contributed by atoms with Crippen molar-refractivity contribution in [1.82, 2.24) is 25.2 Å². The molecule has 1 amide bonds. The number of carbonyl (C=O) groups excluding carboxylic acids is 1. The van der Waals surface area contributed by atoms with Gasteiger partial charge in [0.25, 0.3) is 0 Å². The van der Waals surface area contributed by atoms with E-state index in [1.54, 1.807) is 0 Å². The van der Waals surface area contributed by atoms with Crippen LogP contribution in [0.2, 0.25) is 0 Å². The highest BCUT2D eigenvalue weighted by molar-refractivity contribution is 5.83. The zero-order chi connectivity index (χ0) is 16.7. The molecule has 6 heteroatoms. The number of fused-ring (bicyclic) bond motifs is 1. The molecule has 2 fully saturated rings. The van der Waals surface area contributed by atoms with Crippen molar-refractivity contribution in [2.24, 2.45) is 17.3 Å². The van der Waals surface area contributed by atoms with Crippen LogP contribution in [0.25, 0.3) is 5.65 Å². The molecule has 24 heavy (non-hydrogen) atoms. The maximum Gasteiger partial charge on any atom is 0.224 e. The molecule has 1 saturated carbocycles. The van der Waals surface area contributed by atoms with E-state index in [1.165, 1.54) is 0 Å². The molecule has 3 heterocycles. The van der Waals surface area contributed by atoms with Gasteiger partial charge in [-0.1, -0.05) is 19.9 Å². The molecular formula is C18H25N5O. The van der Waals surface area contributed by atoms with Crippen LogP contribution in [0.4, 0.5) is 0 Å². The SMILES string of the molecule is CC(C)C(NC(=O)C1CC12CCNCC2)c1nnc2ccccn12. The summed E-state index contributed by atoms with van der Waals surface area (Å²) in [6.45, 7) is 6.29. The Bertz CT molecular complexity index is 747. The molecule has 2 atom stereocenters. The second-order valence-electron chi connectivity index (χ2n) is 7.59. The fourth-order valence-electron chi connectivity index (χ4n) is 4.05. The van der Waals surface area contributed by atoms with Crippen LogP contribution >= 0.6 is 0 Å². The van der Waals surface area contributed by atoms with Gasteiger partial charge in [-0.05, 0) is 55.8 Å². The summed E-state index contributed by atoms with van der Waals surface area (Å²) in [5, 5.41) is 15.2. The van der Waals surface area contributed by atoms with Crippen molar-refractivity contribution in [3.05, 3.63) is 30.2 Å². The van der Waals surface area contributed by atoms with E-state index >= 15 is 0 Å². The lowest BCUT2D eigenvalue weighted by Crippen LogP contribution is -2.37. The fourth-order valence-corrected chi connectivity index (χ4v) is 4.05. The van der Waals surface area contributed by atoms with Crippen molar-refractivity contribution in [2.45, 2.75) is 39.2 Å². The number of amides is 1. The summed E-state index contributed by atoms with van der Waals surface area (Å²) in [4.78, 5) is 12.8. The number of carbonyl (C=O) groups is 1. The summed E-state index contributed by atoms with van der Waals surface area (Å²) in [5.41, 5.74) is 1.07. The van der Waals surface area contributed by atoms with Gasteiger partial charge >= 0.3 is 0 Å². The fraction of sp³-hybridized carbons (Fsp3) is 0.611. The first kappa shape index (κ1) is 15.6. The van der Waals surface area contributed by atoms with Crippen LogP contribution in [-0.2, 0) is 4.79 Å². The number of rotatable bonds is 4. The lowest BCUT2D eigenvalue weighted by atomic mass is 9.91. The van der Waals surface area contributed by atoms with E-state index < -0.39 is 0 Å². The molecule has 1 saturated heterocycles. The minimum Gasteiger partial charge on any atom is -0.346 e. The van der Waals surface area contributed by atoms with Crippen LogP contribution in [-0.4, -0.2) is 33.6 Å². The Hall–Kier alpha value is -1.95.